The van der Waals surface area contributed by atoms with Crippen molar-refractivity contribution in [1.29, 1.82) is 0 Å². The average molecular weight is 267 g/mol. The number of hydrogen-bond donors (Lipinski definition) is 3. The summed E-state index contributed by atoms with van der Waals surface area (Å²) >= 11 is 1.55. The van der Waals surface area contributed by atoms with Crippen LogP contribution < -0.4 is 21.3 Å². The largest absolute Gasteiger partial charge is 0.464 e. The molecule has 0 saturated heterocycles. The van der Waals surface area contributed by atoms with Gasteiger partial charge >= 0.3 is 6.01 Å². The Labute approximate surface area is 108 Å². The van der Waals surface area contributed by atoms with Gasteiger partial charge in [-0.1, -0.05) is 0 Å². The highest BCUT2D eigenvalue weighted by molar-refractivity contribution is 7.09. The molecule has 0 atom stereocenters. The topological polar surface area (TPSA) is 111 Å². The molecule has 2 aromatic heterocycles. The molecule has 0 aromatic carbocycles. The highest BCUT2D eigenvalue weighted by Crippen LogP contribution is 2.12. The Kier molecular flexibility index (Phi) is 4.20. The number of hydrogen-bond acceptors (Lipinski definition) is 9. The van der Waals surface area contributed by atoms with E-state index in [0.717, 1.165) is 4.88 Å². The van der Waals surface area contributed by atoms with E-state index >= 15 is 0 Å². The molecule has 0 bridgehead atoms. The second-order valence-corrected chi connectivity index (χ2v) is 4.13. The van der Waals surface area contributed by atoms with Crippen molar-refractivity contribution in [1.82, 2.24) is 19.9 Å². The molecule has 0 aliphatic carbocycles. The van der Waals surface area contributed by atoms with Gasteiger partial charge in [-0.25, -0.2) is 5.84 Å². The Morgan fingerprint density at radius 3 is 2.83 bits per heavy atom. The van der Waals surface area contributed by atoms with Gasteiger partial charge in [-0.2, -0.15) is 15.0 Å². The molecule has 0 fully saturated rings. The lowest BCUT2D eigenvalue weighted by atomic mass is 10.5. The summed E-state index contributed by atoms with van der Waals surface area (Å²) in [5, 5.41) is 3.05. The SMILES string of the molecule is CCOc1nc(NN)nc(NCc2cncs2)n1. The normalized spacial score (nSPS) is 10.1. The van der Waals surface area contributed by atoms with Gasteiger partial charge in [0.2, 0.25) is 11.9 Å². The van der Waals surface area contributed by atoms with Gasteiger partial charge in [-0.15, -0.1) is 11.3 Å². The fraction of sp³-hybridized carbons (Fsp3) is 0.333. The molecular weight excluding hydrogens is 254 g/mol. The fourth-order valence-corrected chi connectivity index (χ4v) is 1.72. The molecule has 2 heterocycles. The van der Waals surface area contributed by atoms with Crippen LogP contribution in [-0.2, 0) is 6.54 Å². The van der Waals surface area contributed by atoms with Gasteiger partial charge in [-0.3, -0.25) is 10.4 Å². The van der Waals surface area contributed by atoms with Gasteiger partial charge < -0.3 is 10.1 Å². The number of thiazole rings is 1. The summed E-state index contributed by atoms with van der Waals surface area (Å²) in [6.45, 7) is 2.91. The number of ether oxygens (including phenoxy) is 1. The van der Waals surface area contributed by atoms with E-state index in [9.17, 15) is 0 Å². The highest BCUT2D eigenvalue weighted by Gasteiger charge is 2.06. The zero-order valence-corrected chi connectivity index (χ0v) is 10.6. The second kappa shape index (κ2) is 6.07. The molecule has 0 amide bonds. The van der Waals surface area contributed by atoms with Crippen LogP contribution in [0.25, 0.3) is 0 Å². The molecular formula is C9H13N7OS. The standard InChI is InChI=1S/C9H13N7OS/c1-2-17-9-14-7(13-8(15-9)16-10)12-4-6-3-11-5-18-6/h3,5H,2,4,10H2,1H3,(H2,12,13,14,15,16). The monoisotopic (exact) mass is 267 g/mol. The van der Waals surface area contributed by atoms with Crippen LogP contribution in [0.2, 0.25) is 0 Å². The molecule has 96 valence electrons. The van der Waals surface area contributed by atoms with Crippen molar-refractivity contribution < 1.29 is 4.74 Å². The van der Waals surface area contributed by atoms with Crippen molar-refractivity contribution in [3.63, 3.8) is 0 Å². The van der Waals surface area contributed by atoms with Crippen molar-refractivity contribution >= 4 is 23.2 Å². The smallest absolute Gasteiger partial charge is 0.323 e. The van der Waals surface area contributed by atoms with Gasteiger partial charge in [0.15, 0.2) is 0 Å². The quantitative estimate of drug-likeness (QED) is 0.516. The second-order valence-electron chi connectivity index (χ2n) is 3.16. The lowest BCUT2D eigenvalue weighted by Gasteiger charge is -2.07. The summed E-state index contributed by atoms with van der Waals surface area (Å²) in [6.07, 6.45) is 1.78. The molecule has 2 aromatic rings. The van der Waals surface area contributed by atoms with Crippen molar-refractivity contribution in [2.24, 2.45) is 5.84 Å². The van der Waals surface area contributed by atoms with E-state index in [0.29, 0.717) is 19.1 Å². The zero-order valence-electron chi connectivity index (χ0n) is 9.75. The van der Waals surface area contributed by atoms with Gasteiger partial charge in [-0.05, 0) is 6.92 Å². The molecule has 0 saturated carbocycles. The molecule has 4 N–H and O–H groups in total. The lowest BCUT2D eigenvalue weighted by Crippen LogP contribution is -2.14. The highest BCUT2D eigenvalue weighted by atomic mass is 32.1. The van der Waals surface area contributed by atoms with Crippen LogP contribution in [0.15, 0.2) is 11.7 Å². The Balaban J connectivity index is 2.08. The van der Waals surface area contributed by atoms with Crippen molar-refractivity contribution in [2.45, 2.75) is 13.5 Å². The van der Waals surface area contributed by atoms with E-state index in [-0.39, 0.29) is 12.0 Å². The number of rotatable bonds is 6. The van der Waals surface area contributed by atoms with E-state index < -0.39 is 0 Å². The van der Waals surface area contributed by atoms with Crippen LogP contribution in [0.1, 0.15) is 11.8 Å². The van der Waals surface area contributed by atoms with Crippen molar-refractivity contribution in [2.75, 3.05) is 17.3 Å². The molecule has 9 heteroatoms. The predicted molar refractivity (Wildman–Crippen MR) is 68.2 cm³/mol. The van der Waals surface area contributed by atoms with E-state index in [2.05, 4.69) is 30.7 Å². The Morgan fingerprint density at radius 1 is 1.33 bits per heavy atom. The fourth-order valence-electron chi connectivity index (χ4n) is 1.19. The summed E-state index contributed by atoms with van der Waals surface area (Å²) < 4.78 is 5.22. The first-order valence-corrected chi connectivity index (χ1v) is 6.16. The van der Waals surface area contributed by atoms with Crippen LogP contribution >= 0.6 is 11.3 Å². The zero-order chi connectivity index (χ0) is 12.8. The first kappa shape index (κ1) is 12.5. The summed E-state index contributed by atoms with van der Waals surface area (Å²) in [6, 6.07) is 0.229. The van der Waals surface area contributed by atoms with E-state index in [4.69, 9.17) is 10.6 Å². The number of hydrazine groups is 1. The predicted octanol–water partition coefficient (Wildman–Crippen LogP) is 0.624. The van der Waals surface area contributed by atoms with Crippen LogP contribution in [0.4, 0.5) is 11.9 Å². The molecule has 8 nitrogen and oxygen atoms in total. The van der Waals surface area contributed by atoms with Gasteiger partial charge in [0.1, 0.15) is 0 Å². The Hall–Kier alpha value is -2.00. The number of nitrogens with zero attached hydrogens (tertiary/aromatic N) is 4. The number of aromatic nitrogens is 4. The van der Waals surface area contributed by atoms with Gasteiger partial charge in [0.05, 0.1) is 18.7 Å². The number of nitrogens with two attached hydrogens (primary N) is 1. The maximum Gasteiger partial charge on any atom is 0.323 e. The van der Waals surface area contributed by atoms with E-state index in [1.54, 1.807) is 23.0 Å². The minimum Gasteiger partial charge on any atom is -0.464 e. The maximum atomic E-state index is 5.28. The Morgan fingerprint density at radius 2 is 2.17 bits per heavy atom. The minimum absolute atomic E-state index is 0.229. The van der Waals surface area contributed by atoms with Gasteiger partial charge in [0.25, 0.3) is 0 Å². The molecule has 0 radical (unpaired) electrons. The van der Waals surface area contributed by atoms with Crippen LogP contribution in [0, 0.1) is 0 Å². The number of nitrogen functional groups attached to an aromatic ring is 1. The molecule has 2 rings (SSSR count). The summed E-state index contributed by atoms with van der Waals surface area (Å²) in [7, 11) is 0. The van der Waals surface area contributed by atoms with Crippen LogP contribution in [0.5, 0.6) is 6.01 Å². The molecule has 0 unspecified atom stereocenters. The summed E-state index contributed by atoms with van der Waals surface area (Å²) in [5.41, 5.74) is 4.13. The number of nitrogens with one attached hydrogen (secondary N) is 2. The molecule has 0 aliphatic heterocycles. The molecule has 18 heavy (non-hydrogen) atoms. The van der Waals surface area contributed by atoms with Gasteiger partial charge in [0, 0.05) is 11.1 Å². The van der Waals surface area contributed by atoms with E-state index in [1.807, 2.05) is 6.92 Å². The van der Waals surface area contributed by atoms with Crippen LogP contribution in [-0.4, -0.2) is 26.5 Å². The van der Waals surface area contributed by atoms with Crippen molar-refractivity contribution in [3.05, 3.63) is 16.6 Å². The maximum absolute atomic E-state index is 5.28. The van der Waals surface area contributed by atoms with Crippen LogP contribution in [0.3, 0.4) is 0 Å². The molecule has 0 aliphatic rings. The lowest BCUT2D eigenvalue weighted by molar-refractivity contribution is 0.312. The third kappa shape index (κ3) is 3.25. The Bertz CT molecular complexity index is 490. The summed E-state index contributed by atoms with van der Waals surface area (Å²) in [4.78, 5) is 17.2. The summed E-state index contributed by atoms with van der Waals surface area (Å²) in [5.74, 6) is 5.93. The van der Waals surface area contributed by atoms with E-state index in [1.165, 1.54) is 0 Å². The number of anilines is 2. The first-order valence-electron chi connectivity index (χ1n) is 5.28. The van der Waals surface area contributed by atoms with Crippen molar-refractivity contribution in [3.8, 4) is 6.01 Å². The third-order valence-corrected chi connectivity index (χ3v) is 2.70. The third-order valence-electron chi connectivity index (χ3n) is 1.92. The molecule has 0 spiro atoms. The first-order chi connectivity index (χ1) is 8.81. The average Bonchev–Trinajstić information content (AvgIpc) is 2.89. The minimum atomic E-state index is 0.229.